The van der Waals surface area contributed by atoms with Gasteiger partial charge in [0.15, 0.2) is 5.58 Å². The molecule has 0 aliphatic carbocycles. The number of benzene rings is 4. The van der Waals surface area contributed by atoms with E-state index >= 15 is 0 Å². The Balaban J connectivity index is 1.44. The van der Waals surface area contributed by atoms with E-state index in [9.17, 15) is 4.79 Å². The minimum Gasteiger partial charge on any atom is -0.436 e. The molecule has 1 amide bonds. The maximum Gasteiger partial charge on any atom is 0.255 e. The third-order valence-corrected chi connectivity index (χ3v) is 6.40. The Morgan fingerprint density at radius 1 is 1.00 bits per heavy atom. The van der Waals surface area contributed by atoms with Gasteiger partial charge in [0.05, 0.1) is 10.7 Å². The Hall–Kier alpha value is -3.63. The van der Waals surface area contributed by atoms with Crippen LogP contribution in [-0.2, 0) is 0 Å². The first kappa shape index (κ1) is 21.2. The van der Waals surface area contributed by atoms with E-state index in [2.05, 4.69) is 36.3 Å². The summed E-state index contributed by atoms with van der Waals surface area (Å²) < 4.78 is 5.99. The molecule has 164 valence electrons. The summed E-state index contributed by atoms with van der Waals surface area (Å²) in [5, 5.41) is 5.47. The molecule has 5 rings (SSSR count). The molecule has 33 heavy (non-hydrogen) atoms. The fourth-order valence-corrected chi connectivity index (χ4v) is 4.05. The summed E-state index contributed by atoms with van der Waals surface area (Å²) in [4.78, 5) is 17.6. The number of hydrogen-bond acceptors (Lipinski definition) is 3. The molecule has 0 aliphatic heterocycles. The third-order valence-electron chi connectivity index (χ3n) is 6.07. The third kappa shape index (κ3) is 4.22. The standard InChI is InChI=1S/C28H23ClN2O2/c1-3-17(2)19-11-13-26-25(15-19)31-28(33-26)22-10-12-23(29)24(16-22)30-27(32)21-9-8-18-6-4-5-7-20(18)14-21/h4-17H,3H2,1-2H3,(H,30,32). The second-order valence-corrected chi connectivity index (χ2v) is 8.67. The summed E-state index contributed by atoms with van der Waals surface area (Å²) in [7, 11) is 0. The largest absolute Gasteiger partial charge is 0.436 e. The summed E-state index contributed by atoms with van der Waals surface area (Å²) in [6, 6.07) is 25.1. The Kier molecular flexibility index (Phi) is 5.61. The van der Waals surface area contributed by atoms with Gasteiger partial charge >= 0.3 is 0 Å². The number of halogens is 1. The molecule has 1 aromatic heterocycles. The van der Waals surface area contributed by atoms with Crippen molar-refractivity contribution >= 4 is 45.1 Å². The molecule has 0 spiro atoms. The molecular weight excluding hydrogens is 432 g/mol. The molecule has 5 aromatic rings. The van der Waals surface area contributed by atoms with Crippen LogP contribution in [0.25, 0.3) is 33.3 Å². The maximum atomic E-state index is 12.9. The summed E-state index contributed by atoms with van der Waals surface area (Å²) in [6.07, 6.45) is 1.06. The molecule has 0 aliphatic rings. The predicted molar refractivity (Wildman–Crippen MR) is 135 cm³/mol. The van der Waals surface area contributed by atoms with Gasteiger partial charge in [0.2, 0.25) is 5.89 Å². The second-order valence-electron chi connectivity index (χ2n) is 8.27. The number of hydrogen-bond donors (Lipinski definition) is 1. The highest BCUT2D eigenvalue weighted by Gasteiger charge is 2.14. The number of fused-ring (bicyclic) bond motifs is 2. The van der Waals surface area contributed by atoms with E-state index < -0.39 is 0 Å². The first-order chi connectivity index (χ1) is 16.0. The average Bonchev–Trinajstić information content (AvgIpc) is 3.28. The van der Waals surface area contributed by atoms with Crippen molar-refractivity contribution in [2.75, 3.05) is 5.32 Å². The van der Waals surface area contributed by atoms with E-state index in [0.717, 1.165) is 33.9 Å². The molecular formula is C28H23ClN2O2. The normalized spacial score (nSPS) is 12.2. The van der Waals surface area contributed by atoms with Crippen molar-refractivity contribution in [1.82, 2.24) is 4.98 Å². The van der Waals surface area contributed by atoms with Crippen LogP contribution >= 0.6 is 11.6 Å². The van der Waals surface area contributed by atoms with E-state index in [1.54, 1.807) is 12.1 Å². The molecule has 0 saturated carbocycles. The number of carbonyl (C=O) groups excluding carboxylic acids is 1. The van der Waals surface area contributed by atoms with Gasteiger partial charge in [-0.3, -0.25) is 4.79 Å². The van der Waals surface area contributed by atoms with E-state index in [1.165, 1.54) is 5.56 Å². The Bertz CT molecular complexity index is 1490. The van der Waals surface area contributed by atoms with Gasteiger partial charge in [0, 0.05) is 11.1 Å². The first-order valence-electron chi connectivity index (χ1n) is 11.0. The molecule has 0 saturated heterocycles. The van der Waals surface area contributed by atoms with Crippen molar-refractivity contribution in [1.29, 1.82) is 0 Å². The zero-order valence-electron chi connectivity index (χ0n) is 18.4. The van der Waals surface area contributed by atoms with Gasteiger partial charge in [-0.05, 0) is 71.1 Å². The fourth-order valence-electron chi connectivity index (χ4n) is 3.89. The van der Waals surface area contributed by atoms with Crippen LogP contribution in [0.1, 0.15) is 42.1 Å². The number of anilines is 1. The zero-order chi connectivity index (χ0) is 22.9. The SMILES string of the molecule is CCC(C)c1ccc2oc(-c3ccc(Cl)c(NC(=O)c4ccc5ccccc5c4)c3)nc2c1. The predicted octanol–water partition coefficient (Wildman–Crippen LogP) is 8.07. The van der Waals surface area contributed by atoms with Crippen LogP contribution in [0.5, 0.6) is 0 Å². The summed E-state index contributed by atoms with van der Waals surface area (Å²) >= 11 is 6.39. The highest BCUT2D eigenvalue weighted by molar-refractivity contribution is 6.34. The number of carbonyl (C=O) groups is 1. The molecule has 1 unspecified atom stereocenters. The van der Waals surface area contributed by atoms with Crippen LogP contribution in [0, 0.1) is 0 Å². The lowest BCUT2D eigenvalue weighted by molar-refractivity contribution is 0.102. The van der Waals surface area contributed by atoms with Crippen molar-refractivity contribution < 1.29 is 9.21 Å². The van der Waals surface area contributed by atoms with Gasteiger partial charge in [0.1, 0.15) is 5.52 Å². The molecule has 1 atom stereocenters. The number of nitrogens with one attached hydrogen (secondary N) is 1. The van der Waals surface area contributed by atoms with Crippen LogP contribution in [0.3, 0.4) is 0 Å². The summed E-state index contributed by atoms with van der Waals surface area (Å²) in [6.45, 7) is 4.37. The van der Waals surface area contributed by atoms with Gasteiger partial charge in [-0.1, -0.05) is 61.8 Å². The molecule has 0 bridgehead atoms. The second kappa shape index (κ2) is 8.72. The van der Waals surface area contributed by atoms with Crippen LogP contribution in [0.15, 0.2) is 83.3 Å². The lowest BCUT2D eigenvalue weighted by Crippen LogP contribution is -2.12. The zero-order valence-corrected chi connectivity index (χ0v) is 19.2. The Morgan fingerprint density at radius 2 is 1.82 bits per heavy atom. The number of oxazole rings is 1. The highest BCUT2D eigenvalue weighted by Crippen LogP contribution is 2.32. The Labute approximate surface area is 197 Å². The van der Waals surface area contributed by atoms with Crippen LogP contribution in [-0.4, -0.2) is 10.9 Å². The van der Waals surface area contributed by atoms with E-state index in [1.807, 2.05) is 54.6 Å². The van der Waals surface area contributed by atoms with E-state index in [0.29, 0.717) is 28.1 Å². The molecule has 4 aromatic carbocycles. The minimum atomic E-state index is -0.226. The monoisotopic (exact) mass is 454 g/mol. The van der Waals surface area contributed by atoms with Crippen LogP contribution in [0.4, 0.5) is 5.69 Å². The van der Waals surface area contributed by atoms with Gasteiger partial charge in [-0.15, -0.1) is 0 Å². The van der Waals surface area contributed by atoms with E-state index in [-0.39, 0.29) is 5.91 Å². The van der Waals surface area contributed by atoms with Crippen molar-refractivity contribution in [2.45, 2.75) is 26.2 Å². The highest BCUT2D eigenvalue weighted by atomic mass is 35.5. The smallest absolute Gasteiger partial charge is 0.255 e. The summed E-state index contributed by atoms with van der Waals surface area (Å²) in [5.74, 6) is 0.724. The lowest BCUT2D eigenvalue weighted by Gasteiger charge is -2.09. The number of nitrogens with zero attached hydrogens (tertiary/aromatic N) is 1. The minimum absolute atomic E-state index is 0.226. The van der Waals surface area contributed by atoms with Crippen LogP contribution in [0.2, 0.25) is 5.02 Å². The number of aromatic nitrogens is 1. The van der Waals surface area contributed by atoms with Gasteiger partial charge in [-0.25, -0.2) is 4.98 Å². The molecule has 1 N–H and O–H groups in total. The van der Waals surface area contributed by atoms with Crippen molar-refractivity contribution in [3.8, 4) is 11.5 Å². The van der Waals surface area contributed by atoms with Gasteiger partial charge < -0.3 is 9.73 Å². The average molecular weight is 455 g/mol. The van der Waals surface area contributed by atoms with Gasteiger partial charge in [-0.2, -0.15) is 0 Å². The molecule has 1 heterocycles. The van der Waals surface area contributed by atoms with Crippen molar-refractivity contribution in [3.05, 3.63) is 95.0 Å². The Morgan fingerprint density at radius 3 is 2.64 bits per heavy atom. The number of rotatable bonds is 5. The maximum absolute atomic E-state index is 12.9. The van der Waals surface area contributed by atoms with Gasteiger partial charge in [0.25, 0.3) is 5.91 Å². The number of amides is 1. The van der Waals surface area contributed by atoms with E-state index in [4.69, 9.17) is 16.0 Å². The van der Waals surface area contributed by atoms with Crippen LogP contribution < -0.4 is 5.32 Å². The quantitative estimate of drug-likeness (QED) is 0.292. The molecule has 0 fully saturated rings. The molecule has 5 heteroatoms. The first-order valence-corrected chi connectivity index (χ1v) is 11.4. The van der Waals surface area contributed by atoms with Crippen molar-refractivity contribution in [2.24, 2.45) is 0 Å². The topological polar surface area (TPSA) is 55.1 Å². The molecule has 0 radical (unpaired) electrons. The molecule has 4 nitrogen and oxygen atoms in total. The fraction of sp³-hybridized carbons (Fsp3) is 0.143. The summed E-state index contributed by atoms with van der Waals surface area (Å²) in [5.41, 5.74) is 4.61. The van der Waals surface area contributed by atoms with Crippen molar-refractivity contribution in [3.63, 3.8) is 0 Å². The lowest BCUT2D eigenvalue weighted by atomic mass is 9.98.